The topological polar surface area (TPSA) is 0 Å². The molecule has 0 aliphatic rings. The Kier molecular flexibility index (Phi) is 115. The first kappa shape index (κ1) is 27.7. The Balaban J connectivity index is 0. The van der Waals surface area contributed by atoms with Crippen molar-refractivity contribution in [3.8, 4) is 0 Å². The summed E-state index contributed by atoms with van der Waals surface area (Å²) >= 11 is 0. The predicted molar refractivity (Wildman–Crippen MR) is 27.9 cm³/mol. The summed E-state index contributed by atoms with van der Waals surface area (Å²) in [5, 5.41) is 0. The normalized spacial score (nSPS) is 0. The summed E-state index contributed by atoms with van der Waals surface area (Å²) in [4.78, 5) is 0. The first-order valence-corrected chi connectivity index (χ1v) is 0. The maximum Gasteiger partial charge on any atom is 2.00 e. The quantitative estimate of drug-likeness (QED) is 0.433. The standard InChI is InChI=1S/Al.Bi.Mg.Sc.8H/q;;+2;;;;;;;;2*-1. The number of hydrogen-bond acceptors (Lipinski definition) is 0. The summed E-state index contributed by atoms with van der Waals surface area (Å²) in [5.74, 6) is 0. The molecule has 0 aromatic heterocycles. The van der Waals surface area contributed by atoms with Gasteiger partial charge in [-0.2, -0.15) is 0 Å². The molecule has 0 saturated carbocycles. The summed E-state index contributed by atoms with van der Waals surface area (Å²) in [6, 6.07) is 0. The molecule has 1 radical (unpaired) electrons. The van der Waals surface area contributed by atoms with Crippen LogP contribution in [0.2, 0.25) is 0 Å². The van der Waals surface area contributed by atoms with E-state index in [0.29, 0.717) is 0 Å². The Labute approximate surface area is 93.6 Å². The Morgan fingerprint density at radius 3 is 1.25 bits per heavy atom. The smallest absolute Gasteiger partial charge is 1.00 e. The molecule has 0 amide bonds. The van der Waals surface area contributed by atoms with Crippen molar-refractivity contribution in [2.45, 2.75) is 0 Å². The molecule has 0 N–H and O–H groups in total. The van der Waals surface area contributed by atoms with Crippen LogP contribution in [0, 0.1) is 0 Å². The van der Waals surface area contributed by atoms with Gasteiger partial charge in [-0.3, -0.25) is 0 Å². The molecule has 0 nitrogen and oxygen atoms in total. The van der Waals surface area contributed by atoms with Gasteiger partial charge in [-0.15, -0.1) is 0 Å². The van der Waals surface area contributed by atoms with Crippen LogP contribution in [0.25, 0.3) is 0 Å². The van der Waals surface area contributed by atoms with E-state index < -0.39 is 0 Å². The molecule has 4 heteroatoms. The first-order chi connectivity index (χ1) is 0. The Morgan fingerprint density at radius 2 is 1.25 bits per heavy atom. The maximum atomic E-state index is 0. The fraction of sp³-hybridized carbons (Fsp3) is 0. The van der Waals surface area contributed by atoms with Crippen LogP contribution < -0.4 is 0 Å². The van der Waals surface area contributed by atoms with Crippen molar-refractivity contribution in [1.82, 2.24) is 0 Å². The molecule has 0 heterocycles. The molecule has 0 atom stereocenters. The molecule has 0 rings (SSSR count). The molecule has 21 valence electrons. The van der Waals surface area contributed by atoms with Crippen LogP contribution in [-0.2, 0) is 25.8 Å². The molecule has 0 aromatic rings. The number of hydrogen-bond donors (Lipinski definition) is 0. The second-order valence-electron chi connectivity index (χ2n) is 0. The average molecular weight is 313 g/mol. The van der Waals surface area contributed by atoms with E-state index in [1.54, 1.807) is 0 Å². The van der Waals surface area contributed by atoms with Crippen molar-refractivity contribution in [3.63, 3.8) is 0 Å². The molecule has 0 unspecified atom stereocenters. The SMILES string of the molecule is [AlH3].[BiH3].[H-].[H-].[Mg+2].[Sc]. The summed E-state index contributed by atoms with van der Waals surface area (Å²) in [6.07, 6.45) is 0. The largest absolute Gasteiger partial charge is 2.00 e. The van der Waals surface area contributed by atoms with Gasteiger partial charge in [-0.25, -0.2) is 0 Å². The van der Waals surface area contributed by atoms with Crippen LogP contribution in [0.15, 0.2) is 0 Å². The zero-order valence-corrected chi connectivity index (χ0v) is 10.7. The molecule has 0 spiro atoms. The minimum absolute atomic E-state index is 0. The van der Waals surface area contributed by atoms with Gasteiger partial charge in [0.25, 0.3) is 0 Å². The molecule has 4 heavy (non-hydrogen) atoms. The van der Waals surface area contributed by atoms with Gasteiger partial charge in [0.2, 0.25) is 0 Å². The Morgan fingerprint density at radius 1 is 1.25 bits per heavy atom. The third-order valence-electron chi connectivity index (χ3n) is 0. The summed E-state index contributed by atoms with van der Waals surface area (Å²) < 4.78 is 0. The third kappa shape index (κ3) is 8.90. The van der Waals surface area contributed by atoms with Crippen LogP contribution in [0.4, 0.5) is 0 Å². The van der Waals surface area contributed by atoms with Crippen LogP contribution >= 0.6 is 0 Å². The molecule has 0 fully saturated rings. The van der Waals surface area contributed by atoms with Gasteiger partial charge in [-0.1, -0.05) is 0 Å². The van der Waals surface area contributed by atoms with E-state index >= 15 is 0 Å². The van der Waals surface area contributed by atoms with Gasteiger partial charge in [-0.05, 0) is 0 Å². The fourth-order valence-electron chi connectivity index (χ4n) is 0. The first-order valence-electron chi connectivity index (χ1n) is 0. The molecule has 0 aliphatic carbocycles. The van der Waals surface area contributed by atoms with Gasteiger partial charge < -0.3 is 2.85 Å². The summed E-state index contributed by atoms with van der Waals surface area (Å²) in [6.45, 7) is 0. The van der Waals surface area contributed by atoms with Crippen LogP contribution in [0.3, 0.4) is 0 Å². The van der Waals surface area contributed by atoms with Gasteiger partial charge in [0.15, 0.2) is 17.4 Å². The van der Waals surface area contributed by atoms with E-state index in [9.17, 15) is 0 Å². The number of rotatable bonds is 0. The van der Waals surface area contributed by atoms with E-state index in [-0.39, 0.29) is 95.3 Å². The van der Waals surface area contributed by atoms with Crippen molar-refractivity contribution < 1.29 is 28.7 Å². The molecule has 0 aromatic carbocycles. The zero-order valence-electron chi connectivity index (χ0n) is 3.99. The molecule has 0 aliphatic heterocycles. The van der Waals surface area contributed by atoms with E-state index in [1.807, 2.05) is 0 Å². The van der Waals surface area contributed by atoms with Gasteiger partial charge in [0, 0.05) is 25.8 Å². The fourth-order valence-corrected chi connectivity index (χ4v) is 0. The van der Waals surface area contributed by atoms with Crippen molar-refractivity contribution in [3.05, 3.63) is 0 Å². The molecular weight excluding hydrogens is 305 g/mol. The minimum Gasteiger partial charge on any atom is -1.00 e. The Hall–Kier alpha value is 3.05. The van der Waals surface area contributed by atoms with Crippen LogP contribution in [0.5, 0.6) is 0 Å². The van der Waals surface area contributed by atoms with Gasteiger partial charge in [0.05, 0.1) is 0 Å². The van der Waals surface area contributed by atoms with Crippen molar-refractivity contribution in [1.29, 1.82) is 0 Å². The monoisotopic (exact) mass is 313 g/mol. The maximum absolute atomic E-state index is 0. The van der Waals surface area contributed by atoms with Crippen molar-refractivity contribution in [2.24, 2.45) is 0 Å². The third-order valence-corrected chi connectivity index (χ3v) is 0. The van der Waals surface area contributed by atoms with Crippen LogP contribution in [0.1, 0.15) is 2.85 Å². The second-order valence-corrected chi connectivity index (χ2v) is 0. The minimum atomic E-state index is 0. The predicted octanol–water partition coefficient (Wildman–Crippen LogP) is -2.53. The van der Waals surface area contributed by atoms with Crippen molar-refractivity contribution >= 4 is 66.6 Å². The van der Waals surface area contributed by atoms with Gasteiger partial charge in [0.1, 0.15) is 0 Å². The van der Waals surface area contributed by atoms with Crippen molar-refractivity contribution in [2.75, 3.05) is 0 Å². The van der Waals surface area contributed by atoms with Crippen LogP contribution in [-0.4, -0.2) is 66.6 Å². The van der Waals surface area contributed by atoms with Gasteiger partial charge >= 0.3 is 49.3 Å². The summed E-state index contributed by atoms with van der Waals surface area (Å²) in [7, 11) is 0. The summed E-state index contributed by atoms with van der Waals surface area (Å²) in [5.41, 5.74) is 0. The van der Waals surface area contributed by atoms with E-state index in [4.69, 9.17) is 0 Å². The zero-order chi connectivity index (χ0) is 0. The average Bonchev–Trinajstić information content (AvgIpc) is 0. The van der Waals surface area contributed by atoms with E-state index in [2.05, 4.69) is 0 Å². The van der Waals surface area contributed by atoms with E-state index in [0.717, 1.165) is 0 Å². The van der Waals surface area contributed by atoms with E-state index in [1.165, 1.54) is 0 Å². The molecular formula is H8AlBiMgSc. The second kappa shape index (κ2) is 16.6. The Bertz CT molecular complexity index is 13.5. The molecule has 0 saturated heterocycles. The molecule has 0 bridgehead atoms.